The van der Waals surface area contributed by atoms with Crippen LogP contribution < -0.4 is 5.73 Å². The minimum absolute atomic E-state index is 0.253. The highest BCUT2D eigenvalue weighted by Crippen LogP contribution is 2.47. The molecule has 0 aliphatic heterocycles. The number of hydrogen-bond donors (Lipinski definition) is 1. The molecule has 0 atom stereocenters. The highest BCUT2D eigenvalue weighted by Gasteiger charge is 2.42. The molecular formula is C16H19N3. The second kappa shape index (κ2) is 3.94. The van der Waals surface area contributed by atoms with Crippen LogP contribution in [0.25, 0.3) is 5.69 Å². The van der Waals surface area contributed by atoms with Gasteiger partial charge < -0.3 is 5.73 Å². The van der Waals surface area contributed by atoms with Crippen LogP contribution in [-0.2, 0) is 5.41 Å². The van der Waals surface area contributed by atoms with Crippen LogP contribution in [0.5, 0.6) is 0 Å². The molecule has 0 bridgehead atoms. The van der Waals surface area contributed by atoms with E-state index in [9.17, 15) is 0 Å². The van der Waals surface area contributed by atoms with Gasteiger partial charge in [-0.3, -0.25) is 0 Å². The van der Waals surface area contributed by atoms with E-state index >= 15 is 0 Å². The molecule has 2 N–H and O–H groups in total. The largest absolute Gasteiger partial charge is 0.330 e. The minimum atomic E-state index is 0.253. The molecule has 0 amide bonds. The fourth-order valence-corrected chi connectivity index (χ4v) is 2.95. The summed E-state index contributed by atoms with van der Waals surface area (Å²) in [4.78, 5) is 0. The molecular weight excluding hydrogens is 234 g/mol. The van der Waals surface area contributed by atoms with Gasteiger partial charge in [-0.2, -0.15) is 5.10 Å². The van der Waals surface area contributed by atoms with Gasteiger partial charge in [0.15, 0.2) is 0 Å². The Balaban J connectivity index is 1.75. The van der Waals surface area contributed by atoms with Gasteiger partial charge in [-0.1, -0.05) is 12.1 Å². The van der Waals surface area contributed by atoms with E-state index < -0.39 is 0 Å². The molecule has 0 unspecified atom stereocenters. The smallest absolute Gasteiger partial charge is 0.0651 e. The first-order valence-electron chi connectivity index (χ1n) is 7.17. The fourth-order valence-electron chi connectivity index (χ4n) is 2.95. The van der Waals surface area contributed by atoms with Crippen molar-refractivity contribution in [1.29, 1.82) is 0 Å². The Morgan fingerprint density at radius 3 is 2.79 bits per heavy atom. The van der Waals surface area contributed by atoms with Crippen LogP contribution in [0.4, 0.5) is 0 Å². The Morgan fingerprint density at radius 1 is 1.26 bits per heavy atom. The summed E-state index contributed by atoms with van der Waals surface area (Å²) in [6.07, 6.45) is 6.97. The predicted octanol–water partition coefficient (Wildman–Crippen LogP) is 2.74. The van der Waals surface area contributed by atoms with Crippen molar-refractivity contribution in [2.75, 3.05) is 6.54 Å². The number of aromatic nitrogens is 2. The molecule has 1 aromatic carbocycles. The maximum Gasteiger partial charge on any atom is 0.0651 e. The van der Waals surface area contributed by atoms with Crippen LogP contribution in [0.1, 0.15) is 42.9 Å². The van der Waals surface area contributed by atoms with Gasteiger partial charge in [-0.25, -0.2) is 4.68 Å². The average molecular weight is 253 g/mol. The van der Waals surface area contributed by atoms with Crippen LogP contribution in [0.2, 0.25) is 0 Å². The van der Waals surface area contributed by atoms with Crippen molar-refractivity contribution in [3.05, 3.63) is 47.8 Å². The Bertz CT molecular complexity index is 606. The molecule has 3 nitrogen and oxygen atoms in total. The summed E-state index contributed by atoms with van der Waals surface area (Å²) in [5, 5.41) is 4.50. The van der Waals surface area contributed by atoms with Crippen LogP contribution in [0, 0.1) is 0 Å². The van der Waals surface area contributed by atoms with Gasteiger partial charge >= 0.3 is 0 Å². The van der Waals surface area contributed by atoms with Gasteiger partial charge in [0.25, 0.3) is 0 Å². The highest BCUT2D eigenvalue weighted by atomic mass is 15.3. The standard InChI is InChI=1S/C16H19N3/c17-11-16(7-8-16)13-2-1-3-14(10-13)19-15(6-9-18-19)12-4-5-12/h1-3,6,9-10,12H,4-5,7-8,11,17H2. The van der Waals surface area contributed by atoms with E-state index in [-0.39, 0.29) is 5.41 Å². The summed E-state index contributed by atoms with van der Waals surface area (Å²) in [6.45, 7) is 0.755. The quantitative estimate of drug-likeness (QED) is 0.910. The van der Waals surface area contributed by atoms with Crippen LogP contribution in [0.15, 0.2) is 36.5 Å². The number of nitrogens with zero attached hydrogens (tertiary/aromatic N) is 2. The monoisotopic (exact) mass is 253 g/mol. The molecule has 1 heterocycles. The molecule has 2 fully saturated rings. The van der Waals surface area contributed by atoms with E-state index in [0.717, 1.165) is 12.5 Å². The third-order valence-corrected chi connectivity index (χ3v) is 4.62. The SMILES string of the molecule is NCC1(c2cccc(-n3nccc3C3CC3)c2)CC1. The van der Waals surface area contributed by atoms with Gasteiger partial charge in [-0.15, -0.1) is 0 Å². The van der Waals surface area contributed by atoms with Crippen LogP contribution >= 0.6 is 0 Å². The van der Waals surface area contributed by atoms with Crippen molar-refractivity contribution in [2.24, 2.45) is 5.73 Å². The Hall–Kier alpha value is -1.61. The highest BCUT2D eigenvalue weighted by molar-refractivity contribution is 5.43. The topological polar surface area (TPSA) is 43.8 Å². The number of rotatable bonds is 4. The zero-order valence-electron chi connectivity index (χ0n) is 11.0. The first kappa shape index (κ1) is 11.2. The van der Waals surface area contributed by atoms with Crippen molar-refractivity contribution in [3.63, 3.8) is 0 Å². The lowest BCUT2D eigenvalue weighted by atomic mass is 9.96. The van der Waals surface area contributed by atoms with E-state index in [4.69, 9.17) is 5.73 Å². The molecule has 2 aliphatic carbocycles. The van der Waals surface area contributed by atoms with Crippen molar-refractivity contribution >= 4 is 0 Å². The van der Waals surface area contributed by atoms with Gasteiger partial charge in [0, 0.05) is 29.8 Å². The summed E-state index contributed by atoms with van der Waals surface area (Å²) in [7, 11) is 0. The number of nitrogens with two attached hydrogens (primary N) is 1. The molecule has 98 valence electrons. The molecule has 2 aromatic rings. The van der Waals surface area contributed by atoms with E-state index in [1.54, 1.807) is 0 Å². The second-order valence-electron chi connectivity index (χ2n) is 5.98. The van der Waals surface area contributed by atoms with Crippen molar-refractivity contribution in [1.82, 2.24) is 9.78 Å². The zero-order chi connectivity index (χ0) is 12.9. The molecule has 19 heavy (non-hydrogen) atoms. The van der Waals surface area contributed by atoms with Crippen molar-refractivity contribution in [3.8, 4) is 5.69 Å². The Kier molecular flexibility index (Phi) is 2.33. The van der Waals surface area contributed by atoms with Gasteiger partial charge in [0.05, 0.1) is 5.69 Å². The van der Waals surface area contributed by atoms with Crippen molar-refractivity contribution in [2.45, 2.75) is 37.0 Å². The summed E-state index contributed by atoms with van der Waals surface area (Å²) in [5.41, 5.74) is 10.1. The molecule has 0 saturated heterocycles. The van der Waals surface area contributed by atoms with Crippen LogP contribution in [-0.4, -0.2) is 16.3 Å². The summed E-state index contributed by atoms with van der Waals surface area (Å²) < 4.78 is 2.10. The normalized spacial score (nSPS) is 20.5. The first-order valence-corrected chi connectivity index (χ1v) is 7.17. The molecule has 0 spiro atoms. The first-order chi connectivity index (χ1) is 9.32. The zero-order valence-corrected chi connectivity index (χ0v) is 11.0. The molecule has 0 radical (unpaired) electrons. The molecule has 1 aromatic heterocycles. The van der Waals surface area contributed by atoms with Crippen LogP contribution in [0.3, 0.4) is 0 Å². The molecule has 3 heteroatoms. The number of benzene rings is 1. The molecule has 2 saturated carbocycles. The van der Waals surface area contributed by atoms with E-state index in [1.165, 1.54) is 42.6 Å². The summed E-state index contributed by atoms with van der Waals surface area (Å²) in [5.74, 6) is 0.718. The summed E-state index contributed by atoms with van der Waals surface area (Å²) in [6, 6.07) is 10.9. The van der Waals surface area contributed by atoms with E-state index in [1.807, 2.05) is 6.20 Å². The van der Waals surface area contributed by atoms with E-state index in [0.29, 0.717) is 0 Å². The molecule has 4 rings (SSSR count). The maximum absolute atomic E-state index is 5.94. The molecule has 2 aliphatic rings. The minimum Gasteiger partial charge on any atom is -0.330 e. The lowest BCUT2D eigenvalue weighted by Gasteiger charge is -2.15. The third kappa shape index (κ3) is 1.80. The second-order valence-corrected chi connectivity index (χ2v) is 5.98. The van der Waals surface area contributed by atoms with E-state index in [2.05, 4.69) is 40.1 Å². The van der Waals surface area contributed by atoms with Gasteiger partial charge in [0.2, 0.25) is 0 Å². The predicted molar refractivity (Wildman–Crippen MR) is 75.5 cm³/mol. The Labute approximate surface area is 113 Å². The fraction of sp³-hybridized carbons (Fsp3) is 0.438. The number of hydrogen-bond acceptors (Lipinski definition) is 2. The van der Waals surface area contributed by atoms with Crippen molar-refractivity contribution < 1.29 is 0 Å². The third-order valence-electron chi connectivity index (χ3n) is 4.62. The lowest BCUT2D eigenvalue weighted by molar-refractivity contribution is 0.701. The van der Waals surface area contributed by atoms with Gasteiger partial charge in [0.1, 0.15) is 0 Å². The van der Waals surface area contributed by atoms with Gasteiger partial charge in [-0.05, 0) is 49.4 Å². The maximum atomic E-state index is 5.94. The summed E-state index contributed by atoms with van der Waals surface area (Å²) >= 11 is 0. The lowest BCUT2D eigenvalue weighted by Crippen LogP contribution is -2.19. The Morgan fingerprint density at radius 2 is 2.11 bits per heavy atom. The average Bonchev–Trinajstić information content (AvgIpc) is 3.38.